The van der Waals surface area contributed by atoms with E-state index in [1.54, 1.807) is 6.07 Å². The fraction of sp³-hybridized carbons (Fsp3) is 0.263. The van der Waals surface area contributed by atoms with Crippen molar-refractivity contribution < 1.29 is 4.39 Å². The number of aromatic nitrogens is 2. The molecule has 0 bridgehead atoms. The van der Waals surface area contributed by atoms with Crippen molar-refractivity contribution in [2.75, 3.05) is 23.7 Å². The summed E-state index contributed by atoms with van der Waals surface area (Å²) >= 11 is 3.51. The van der Waals surface area contributed by atoms with Gasteiger partial charge in [-0.25, -0.2) is 14.4 Å². The molecule has 0 spiro atoms. The Morgan fingerprint density at radius 2 is 1.88 bits per heavy atom. The van der Waals surface area contributed by atoms with Crippen molar-refractivity contribution in [2.24, 2.45) is 0 Å². The molecule has 25 heavy (non-hydrogen) atoms. The first-order valence-corrected chi connectivity index (χ1v) is 9.02. The smallest absolute Gasteiger partial charge is 0.141 e. The van der Waals surface area contributed by atoms with Gasteiger partial charge in [0, 0.05) is 22.9 Å². The highest BCUT2D eigenvalue weighted by Gasteiger charge is 2.10. The van der Waals surface area contributed by atoms with Gasteiger partial charge in [0.1, 0.15) is 17.5 Å². The minimum absolute atomic E-state index is 0.336. The fourth-order valence-electron chi connectivity index (χ4n) is 2.60. The number of halogens is 2. The number of fused-ring (bicyclic) bond motifs is 1. The van der Waals surface area contributed by atoms with Gasteiger partial charge >= 0.3 is 0 Å². The van der Waals surface area contributed by atoms with Gasteiger partial charge in [0.15, 0.2) is 0 Å². The van der Waals surface area contributed by atoms with Crippen molar-refractivity contribution in [2.45, 2.75) is 19.8 Å². The van der Waals surface area contributed by atoms with Gasteiger partial charge in [0.2, 0.25) is 0 Å². The molecule has 3 aromatic rings. The molecule has 1 aromatic carbocycles. The maximum atomic E-state index is 12.9. The average Bonchev–Trinajstić information content (AvgIpc) is 2.59. The lowest BCUT2D eigenvalue weighted by Crippen LogP contribution is -2.16. The van der Waals surface area contributed by atoms with Crippen LogP contribution >= 0.6 is 15.9 Å². The Hall–Kier alpha value is -2.21. The number of hydrogen-bond donors (Lipinski definition) is 2. The molecular weight excluding hydrogens is 383 g/mol. The van der Waals surface area contributed by atoms with E-state index in [1.165, 1.54) is 17.8 Å². The van der Waals surface area contributed by atoms with Crippen LogP contribution < -0.4 is 10.6 Å². The van der Waals surface area contributed by atoms with Crippen molar-refractivity contribution in [3.05, 3.63) is 58.4 Å². The minimum Gasteiger partial charge on any atom is -0.368 e. The molecule has 0 aliphatic rings. The van der Waals surface area contributed by atoms with Crippen LogP contribution in [-0.4, -0.2) is 23.1 Å². The largest absolute Gasteiger partial charge is 0.368 e. The molecule has 3 rings (SSSR count). The molecule has 0 unspecified atom stereocenters. The Kier molecular flexibility index (Phi) is 5.48. The molecule has 0 saturated heterocycles. The highest BCUT2D eigenvalue weighted by atomic mass is 79.9. The van der Waals surface area contributed by atoms with Crippen molar-refractivity contribution in [1.82, 2.24) is 9.97 Å². The normalized spacial score (nSPS) is 11.1. The second-order valence-corrected chi connectivity index (χ2v) is 7.05. The average molecular weight is 403 g/mol. The van der Waals surface area contributed by atoms with Crippen molar-refractivity contribution in [3.63, 3.8) is 0 Å². The Balaban J connectivity index is 1.70. The number of pyridine rings is 2. The summed E-state index contributed by atoms with van der Waals surface area (Å²) in [5.41, 5.74) is 2.15. The van der Waals surface area contributed by atoms with E-state index < -0.39 is 0 Å². The van der Waals surface area contributed by atoms with Crippen LogP contribution in [0.25, 0.3) is 10.9 Å². The van der Waals surface area contributed by atoms with Gasteiger partial charge in [-0.15, -0.1) is 0 Å². The quantitative estimate of drug-likeness (QED) is 0.557. The van der Waals surface area contributed by atoms with E-state index >= 15 is 0 Å². The van der Waals surface area contributed by atoms with E-state index in [0.29, 0.717) is 24.8 Å². The molecule has 4 nitrogen and oxygen atoms in total. The lowest BCUT2D eigenvalue weighted by atomic mass is 10.0. The lowest BCUT2D eigenvalue weighted by molar-refractivity contribution is 0.621. The minimum atomic E-state index is -0.336. The van der Waals surface area contributed by atoms with Gasteiger partial charge in [-0.2, -0.15) is 0 Å². The first kappa shape index (κ1) is 17.6. The summed E-state index contributed by atoms with van der Waals surface area (Å²) < 4.78 is 13.9. The van der Waals surface area contributed by atoms with E-state index in [9.17, 15) is 4.39 Å². The summed E-state index contributed by atoms with van der Waals surface area (Å²) in [6, 6.07) is 11.3. The Bertz CT molecular complexity index is 865. The molecule has 0 fully saturated rings. The zero-order valence-electron chi connectivity index (χ0n) is 14.2. The number of anilines is 2. The third kappa shape index (κ3) is 4.45. The van der Waals surface area contributed by atoms with Gasteiger partial charge in [0.05, 0.1) is 11.7 Å². The monoisotopic (exact) mass is 402 g/mol. The predicted molar refractivity (Wildman–Crippen MR) is 105 cm³/mol. The molecule has 0 amide bonds. The first-order chi connectivity index (χ1) is 12.0. The highest BCUT2D eigenvalue weighted by Crippen LogP contribution is 2.28. The molecule has 130 valence electrons. The molecular formula is C19H20BrFN4. The Labute approximate surface area is 155 Å². The zero-order valence-corrected chi connectivity index (χ0v) is 15.8. The van der Waals surface area contributed by atoms with Crippen LogP contribution in [0.1, 0.15) is 25.3 Å². The number of hydrogen-bond acceptors (Lipinski definition) is 4. The van der Waals surface area contributed by atoms with Crippen LogP contribution in [0.15, 0.2) is 47.1 Å². The Morgan fingerprint density at radius 1 is 1.08 bits per heavy atom. The molecule has 0 atom stereocenters. The molecule has 2 aromatic heterocycles. The van der Waals surface area contributed by atoms with E-state index in [1.807, 2.05) is 12.1 Å². The van der Waals surface area contributed by atoms with Crippen molar-refractivity contribution >= 4 is 38.5 Å². The zero-order chi connectivity index (χ0) is 17.8. The number of nitrogens with one attached hydrogen (secondary N) is 2. The van der Waals surface area contributed by atoms with Crippen LogP contribution in [0.4, 0.5) is 16.0 Å². The Morgan fingerprint density at radius 3 is 2.60 bits per heavy atom. The number of nitrogens with zero attached hydrogens (tertiary/aromatic N) is 2. The molecule has 2 N–H and O–H groups in total. The van der Waals surface area contributed by atoms with E-state index in [-0.39, 0.29) is 5.82 Å². The summed E-state index contributed by atoms with van der Waals surface area (Å²) in [5.74, 6) is 1.59. The molecule has 0 aliphatic heterocycles. The third-order valence-corrected chi connectivity index (χ3v) is 4.37. The van der Waals surface area contributed by atoms with Crippen molar-refractivity contribution in [1.29, 1.82) is 0 Å². The first-order valence-electron chi connectivity index (χ1n) is 8.22. The van der Waals surface area contributed by atoms with E-state index in [2.05, 4.69) is 57.5 Å². The second-order valence-electron chi connectivity index (χ2n) is 6.13. The molecule has 0 saturated carbocycles. The van der Waals surface area contributed by atoms with Gasteiger partial charge in [-0.1, -0.05) is 29.8 Å². The molecule has 0 aliphatic carbocycles. The highest BCUT2D eigenvalue weighted by molar-refractivity contribution is 9.10. The van der Waals surface area contributed by atoms with Gasteiger partial charge in [-0.05, 0) is 47.9 Å². The van der Waals surface area contributed by atoms with Crippen LogP contribution in [0.3, 0.4) is 0 Å². The summed E-state index contributed by atoms with van der Waals surface area (Å²) in [4.78, 5) is 8.75. The number of rotatable bonds is 6. The van der Waals surface area contributed by atoms with Crippen LogP contribution in [0.2, 0.25) is 0 Å². The van der Waals surface area contributed by atoms with Crippen molar-refractivity contribution in [3.8, 4) is 0 Å². The summed E-state index contributed by atoms with van der Waals surface area (Å²) in [7, 11) is 0. The predicted octanol–water partition coefficient (Wildman–Crippen LogP) is 5.18. The standard InChI is InChI=1S/C19H20BrFN4/c1-12(2)16-10-13-9-14(20)3-5-17(13)25-19(16)23-8-7-22-18-6-4-15(21)11-24-18/h3-6,9-12H,7-8H2,1-2H3,(H,22,24)(H,23,25). The second kappa shape index (κ2) is 7.78. The third-order valence-electron chi connectivity index (χ3n) is 3.88. The maximum absolute atomic E-state index is 12.9. The van der Waals surface area contributed by atoms with Crippen LogP contribution in [0, 0.1) is 5.82 Å². The molecule has 6 heteroatoms. The summed E-state index contributed by atoms with van der Waals surface area (Å²) in [6.07, 6.45) is 1.20. The fourth-order valence-corrected chi connectivity index (χ4v) is 2.98. The number of benzene rings is 1. The topological polar surface area (TPSA) is 49.8 Å². The van der Waals surface area contributed by atoms with Crippen LogP contribution in [-0.2, 0) is 0 Å². The van der Waals surface area contributed by atoms with Gasteiger partial charge in [0.25, 0.3) is 0 Å². The van der Waals surface area contributed by atoms with Gasteiger partial charge < -0.3 is 10.6 Å². The lowest BCUT2D eigenvalue weighted by Gasteiger charge is -2.15. The summed E-state index contributed by atoms with van der Waals surface area (Å²) in [5, 5.41) is 7.68. The maximum Gasteiger partial charge on any atom is 0.141 e. The molecule has 0 radical (unpaired) electrons. The van der Waals surface area contributed by atoms with Gasteiger partial charge in [-0.3, -0.25) is 0 Å². The van der Waals surface area contributed by atoms with E-state index in [4.69, 9.17) is 4.98 Å². The summed E-state index contributed by atoms with van der Waals surface area (Å²) in [6.45, 7) is 5.67. The SMILES string of the molecule is CC(C)c1cc2cc(Br)ccc2nc1NCCNc1ccc(F)cn1. The van der Waals surface area contributed by atoms with Crippen LogP contribution in [0.5, 0.6) is 0 Å². The molecule has 2 heterocycles. The van der Waals surface area contributed by atoms with E-state index in [0.717, 1.165) is 21.2 Å².